The minimum atomic E-state index is -2.57. The number of ether oxygens (including phenoxy) is 1. The van der Waals surface area contributed by atoms with Crippen molar-refractivity contribution in [2.24, 2.45) is 0 Å². The van der Waals surface area contributed by atoms with Gasteiger partial charge in [-0.1, -0.05) is 0 Å². The average molecular weight is 661 g/mol. The zero-order valence-corrected chi connectivity index (χ0v) is 26.6. The van der Waals surface area contributed by atoms with Crippen LogP contribution in [0.15, 0.2) is 36.7 Å². The highest BCUT2D eigenvalue weighted by atomic mass is 19.3. The SMILES string of the molecule is COCc1cc(-n2ccc(C)n2)nc(NC2CCC(F)(F)CC2)n1.Cc1ccn(-c2cc(CO)nc(NC3CCC(F)(F)CC3)n2)n1. The number of aliphatic hydroxyl groups is 1. The van der Waals surface area contributed by atoms with E-state index in [9.17, 15) is 22.7 Å². The molecule has 16 heteroatoms. The molecule has 4 aromatic heterocycles. The Morgan fingerprint density at radius 1 is 0.745 bits per heavy atom. The number of methoxy groups -OCH3 is 1. The molecule has 0 atom stereocenters. The summed E-state index contributed by atoms with van der Waals surface area (Å²) in [5.74, 6) is -3.22. The highest BCUT2D eigenvalue weighted by Crippen LogP contribution is 2.35. The molecule has 0 radical (unpaired) electrons. The number of rotatable bonds is 9. The number of alkyl halides is 4. The molecule has 2 saturated carbocycles. The first-order chi connectivity index (χ1) is 22.4. The van der Waals surface area contributed by atoms with Gasteiger partial charge < -0.3 is 20.5 Å². The smallest absolute Gasteiger partial charge is 0.248 e. The molecule has 0 aliphatic heterocycles. The molecule has 0 unspecified atom stereocenters. The molecule has 0 amide bonds. The van der Waals surface area contributed by atoms with E-state index < -0.39 is 11.8 Å². The first kappa shape index (κ1) is 34.2. The number of hydrogen-bond acceptors (Lipinski definition) is 10. The van der Waals surface area contributed by atoms with E-state index in [1.54, 1.807) is 34.8 Å². The van der Waals surface area contributed by atoms with E-state index in [4.69, 9.17) is 4.74 Å². The maximum Gasteiger partial charge on any atom is 0.248 e. The lowest BCUT2D eigenvalue weighted by Crippen LogP contribution is -2.32. The number of halogens is 4. The molecule has 0 spiro atoms. The van der Waals surface area contributed by atoms with Crippen molar-refractivity contribution in [3.63, 3.8) is 0 Å². The normalized spacial score (nSPS) is 18.0. The van der Waals surface area contributed by atoms with E-state index in [0.29, 0.717) is 67.2 Å². The summed E-state index contributed by atoms with van der Waals surface area (Å²) in [5.41, 5.74) is 2.88. The van der Waals surface area contributed by atoms with Crippen molar-refractivity contribution in [3.05, 3.63) is 59.4 Å². The Hall–Kier alpha value is -4.18. The van der Waals surface area contributed by atoms with Gasteiger partial charge in [0.2, 0.25) is 23.7 Å². The fraction of sp³-hybridized carbons (Fsp3) is 0.548. The molecule has 2 aliphatic rings. The Bertz CT molecular complexity index is 1610. The Labute approximate surface area is 270 Å². The van der Waals surface area contributed by atoms with Crippen LogP contribution in [0.5, 0.6) is 0 Å². The van der Waals surface area contributed by atoms with Gasteiger partial charge in [0.25, 0.3) is 0 Å². The van der Waals surface area contributed by atoms with Crippen LogP contribution in [-0.4, -0.2) is 75.6 Å². The minimum Gasteiger partial charge on any atom is -0.390 e. The summed E-state index contributed by atoms with van der Waals surface area (Å²) in [7, 11) is 1.59. The first-order valence-electron chi connectivity index (χ1n) is 15.6. The third-order valence-corrected chi connectivity index (χ3v) is 8.00. The lowest BCUT2D eigenvalue weighted by Gasteiger charge is -2.28. The van der Waals surface area contributed by atoms with Crippen LogP contribution in [0.2, 0.25) is 0 Å². The second-order valence-electron chi connectivity index (χ2n) is 12.0. The third-order valence-electron chi connectivity index (χ3n) is 8.00. The van der Waals surface area contributed by atoms with E-state index in [-0.39, 0.29) is 44.4 Å². The number of hydrogen-bond donors (Lipinski definition) is 3. The number of aliphatic hydroxyl groups excluding tert-OH is 1. The van der Waals surface area contributed by atoms with Crippen LogP contribution < -0.4 is 10.6 Å². The first-order valence-corrected chi connectivity index (χ1v) is 15.6. The standard InChI is InChI=1S/C16H21F2N5O.C15H19F2N5O/c1-11-5-8-23(22-11)14-9-13(10-24-2)20-15(21-14)19-12-3-6-16(17,18)7-4-12;1-10-4-7-22(21-10)13-8-12(9-23)19-14(20-13)18-11-2-5-15(16,17)6-3-11/h5,8-9,12H,3-4,6-7,10H2,1-2H3,(H,19,20,21);4,7-8,11,23H,2-3,5-6,9H2,1H3,(H,18,19,20). The average Bonchev–Trinajstić information content (AvgIpc) is 3.68. The fourth-order valence-corrected chi connectivity index (χ4v) is 5.45. The van der Waals surface area contributed by atoms with Gasteiger partial charge in [0.1, 0.15) is 0 Å². The number of anilines is 2. The molecular formula is C31H40F4N10O2. The summed E-state index contributed by atoms with van der Waals surface area (Å²) in [5, 5.41) is 24.3. The van der Waals surface area contributed by atoms with Crippen molar-refractivity contribution < 1.29 is 27.4 Å². The van der Waals surface area contributed by atoms with Gasteiger partial charge in [-0.15, -0.1) is 0 Å². The highest BCUT2D eigenvalue weighted by Gasteiger charge is 2.36. The van der Waals surface area contributed by atoms with E-state index in [1.165, 1.54) is 0 Å². The molecule has 0 bridgehead atoms. The minimum absolute atomic E-state index is 0.0466. The van der Waals surface area contributed by atoms with Gasteiger partial charge in [-0.25, -0.2) is 36.9 Å². The molecule has 0 aromatic carbocycles. The Kier molecular flexibility index (Phi) is 10.7. The Morgan fingerprint density at radius 3 is 1.55 bits per heavy atom. The second kappa shape index (κ2) is 14.7. The van der Waals surface area contributed by atoms with E-state index in [1.807, 2.05) is 32.2 Å². The number of nitrogens with one attached hydrogen (secondary N) is 2. The van der Waals surface area contributed by atoms with Gasteiger partial charge in [-0.05, 0) is 51.7 Å². The Balaban J connectivity index is 0.000000185. The maximum atomic E-state index is 13.3. The van der Waals surface area contributed by atoms with Crippen LogP contribution in [0.3, 0.4) is 0 Å². The molecular weight excluding hydrogens is 620 g/mol. The monoisotopic (exact) mass is 660 g/mol. The van der Waals surface area contributed by atoms with E-state index in [0.717, 1.165) is 11.4 Å². The van der Waals surface area contributed by atoms with Gasteiger partial charge in [0.15, 0.2) is 11.6 Å². The summed E-state index contributed by atoms with van der Waals surface area (Å²) in [6.45, 7) is 3.88. The number of aryl methyl sites for hydroxylation is 2. The quantitative estimate of drug-likeness (QED) is 0.196. The highest BCUT2D eigenvalue weighted by molar-refractivity contribution is 5.37. The fourth-order valence-electron chi connectivity index (χ4n) is 5.45. The van der Waals surface area contributed by atoms with Crippen molar-refractivity contribution in [1.82, 2.24) is 39.5 Å². The summed E-state index contributed by atoms with van der Waals surface area (Å²) < 4.78 is 61.4. The van der Waals surface area contributed by atoms with Gasteiger partial charge >= 0.3 is 0 Å². The molecule has 0 saturated heterocycles. The van der Waals surface area contributed by atoms with Crippen LogP contribution in [0.1, 0.15) is 74.1 Å². The topological polar surface area (TPSA) is 141 Å². The zero-order valence-electron chi connectivity index (χ0n) is 26.6. The second-order valence-corrected chi connectivity index (χ2v) is 12.0. The van der Waals surface area contributed by atoms with Gasteiger partial charge in [-0.2, -0.15) is 20.2 Å². The van der Waals surface area contributed by atoms with Crippen LogP contribution in [0.4, 0.5) is 29.5 Å². The van der Waals surface area contributed by atoms with Crippen LogP contribution in [-0.2, 0) is 18.0 Å². The molecule has 12 nitrogen and oxygen atoms in total. The van der Waals surface area contributed by atoms with Crippen LogP contribution >= 0.6 is 0 Å². The van der Waals surface area contributed by atoms with E-state index in [2.05, 4.69) is 40.8 Å². The van der Waals surface area contributed by atoms with Crippen molar-refractivity contribution >= 4 is 11.9 Å². The van der Waals surface area contributed by atoms with Gasteiger partial charge in [-0.3, -0.25) is 0 Å². The number of aromatic nitrogens is 8. The lowest BCUT2D eigenvalue weighted by atomic mass is 9.92. The predicted molar refractivity (Wildman–Crippen MR) is 166 cm³/mol. The molecule has 6 rings (SSSR count). The third kappa shape index (κ3) is 9.67. The Morgan fingerprint density at radius 2 is 1.17 bits per heavy atom. The summed E-state index contributed by atoms with van der Waals surface area (Å²) in [4.78, 5) is 17.5. The largest absolute Gasteiger partial charge is 0.390 e. The summed E-state index contributed by atoms with van der Waals surface area (Å²) in [6.07, 6.45) is 4.67. The van der Waals surface area contributed by atoms with Crippen LogP contribution in [0.25, 0.3) is 11.6 Å². The summed E-state index contributed by atoms with van der Waals surface area (Å²) in [6, 6.07) is 7.04. The van der Waals surface area contributed by atoms with Crippen molar-refractivity contribution in [3.8, 4) is 11.6 Å². The van der Waals surface area contributed by atoms with Crippen molar-refractivity contribution in [2.45, 2.75) is 102 Å². The predicted octanol–water partition coefficient (Wildman–Crippen LogP) is 5.56. The summed E-state index contributed by atoms with van der Waals surface area (Å²) >= 11 is 0. The molecule has 3 N–H and O–H groups in total. The van der Waals surface area contributed by atoms with E-state index >= 15 is 0 Å². The zero-order chi connectivity index (χ0) is 33.6. The molecule has 47 heavy (non-hydrogen) atoms. The van der Waals surface area contributed by atoms with Gasteiger partial charge in [0.05, 0.1) is 36.0 Å². The maximum absolute atomic E-state index is 13.3. The van der Waals surface area contributed by atoms with Crippen molar-refractivity contribution in [1.29, 1.82) is 0 Å². The molecule has 2 fully saturated rings. The molecule has 4 heterocycles. The van der Waals surface area contributed by atoms with Crippen molar-refractivity contribution in [2.75, 3.05) is 17.7 Å². The lowest BCUT2D eigenvalue weighted by molar-refractivity contribution is -0.0366. The molecule has 4 aromatic rings. The molecule has 254 valence electrons. The van der Waals surface area contributed by atoms with Crippen LogP contribution in [0, 0.1) is 13.8 Å². The number of nitrogens with zero attached hydrogens (tertiary/aromatic N) is 8. The molecule has 2 aliphatic carbocycles. The van der Waals surface area contributed by atoms with Gasteiger partial charge in [0, 0.05) is 69.4 Å².